The molecule has 0 saturated carbocycles. The van der Waals surface area contributed by atoms with Crippen LogP contribution in [0.2, 0.25) is 0 Å². The second-order valence-corrected chi connectivity index (χ2v) is 6.39. The number of phenols is 1. The molecule has 32 heavy (non-hydrogen) atoms. The van der Waals surface area contributed by atoms with Crippen molar-refractivity contribution in [3.8, 4) is 5.75 Å². The van der Waals surface area contributed by atoms with Crippen molar-refractivity contribution in [2.75, 3.05) is 29.6 Å². The summed E-state index contributed by atoms with van der Waals surface area (Å²) in [7, 11) is 0. The van der Waals surface area contributed by atoms with E-state index in [0.29, 0.717) is 12.2 Å². The highest BCUT2D eigenvalue weighted by atomic mass is 16.6. The molecule has 1 aromatic carbocycles. The first-order valence-electron chi connectivity index (χ1n) is 9.73. The number of nitrogens with two attached hydrogens (primary N) is 1. The summed E-state index contributed by atoms with van der Waals surface area (Å²) in [5.74, 6) is -0.881. The van der Waals surface area contributed by atoms with E-state index in [1.54, 1.807) is 6.92 Å². The van der Waals surface area contributed by atoms with Crippen LogP contribution in [0.25, 0.3) is 0 Å². The SMILES string of the molecule is CCCO.CCOC(=O)Nc1cc(N[C@@H](C)C(=O)c2ccc(O)cc2)c([N+](=O)[O-])c(N)n1. The Morgan fingerprint density at radius 1 is 1.28 bits per heavy atom. The fourth-order valence-electron chi connectivity index (χ4n) is 2.37. The topological polar surface area (TPSA) is 190 Å². The van der Waals surface area contributed by atoms with Gasteiger partial charge >= 0.3 is 11.8 Å². The average molecular weight is 449 g/mol. The first kappa shape index (κ1) is 26.1. The highest BCUT2D eigenvalue weighted by molar-refractivity contribution is 6.02. The van der Waals surface area contributed by atoms with E-state index < -0.39 is 28.6 Å². The Morgan fingerprint density at radius 2 is 1.88 bits per heavy atom. The molecule has 0 aliphatic heterocycles. The van der Waals surface area contributed by atoms with Gasteiger partial charge in [0.15, 0.2) is 5.78 Å². The van der Waals surface area contributed by atoms with Gasteiger partial charge in [-0.05, 0) is 44.5 Å². The standard InChI is InChI=1S/C17H19N5O6.C3H8O/c1-3-28-17(25)21-13-8-12(14(22(26)27)16(18)20-13)19-9(2)15(24)10-4-6-11(23)7-5-10;1-2-3-4/h4-9,23H,3H2,1-2H3,(H4,18,19,20,21,25);4H,2-3H2,1H3/t9-;/m0./s1. The average Bonchev–Trinajstić information content (AvgIpc) is 2.73. The second-order valence-electron chi connectivity index (χ2n) is 6.39. The van der Waals surface area contributed by atoms with Crippen molar-refractivity contribution >= 4 is 34.9 Å². The molecule has 174 valence electrons. The van der Waals surface area contributed by atoms with Gasteiger partial charge in [-0.3, -0.25) is 20.2 Å². The van der Waals surface area contributed by atoms with Crippen LogP contribution >= 0.6 is 0 Å². The lowest BCUT2D eigenvalue weighted by atomic mass is 10.0. The number of Topliss-reactive ketones (excluding diaryl/α,β-unsaturated/α-hetero) is 1. The fraction of sp³-hybridized carbons (Fsp3) is 0.350. The smallest absolute Gasteiger partial charge is 0.412 e. The molecule has 1 atom stereocenters. The number of rotatable bonds is 8. The van der Waals surface area contributed by atoms with Gasteiger partial charge in [0, 0.05) is 18.2 Å². The first-order valence-corrected chi connectivity index (χ1v) is 9.73. The molecular weight excluding hydrogens is 422 g/mol. The molecule has 0 aliphatic carbocycles. The quantitative estimate of drug-likeness (QED) is 0.227. The van der Waals surface area contributed by atoms with Gasteiger partial charge in [-0.1, -0.05) is 6.92 Å². The third-order valence-electron chi connectivity index (χ3n) is 3.85. The van der Waals surface area contributed by atoms with Crippen LogP contribution in [0.1, 0.15) is 37.6 Å². The Balaban J connectivity index is 0.00000118. The summed E-state index contributed by atoms with van der Waals surface area (Å²) in [5, 5.41) is 33.6. The zero-order valence-corrected chi connectivity index (χ0v) is 18.0. The maximum absolute atomic E-state index is 12.5. The van der Waals surface area contributed by atoms with Crippen molar-refractivity contribution in [1.29, 1.82) is 0 Å². The lowest BCUT2D eigenvalue weighted by molar-refractivity contribution is -0.383. The van der Waals surface area contributed by atoms with Gasteiger partial charge in [-0.25, -0.2) is 9.78 Å². The number of phenolic OH excluding ortho intramolecular Hbond substituents is 1. The molecule has 1 aromatic heterocycles. The number of aliphatic hydroxyl groups is 1. The Bertz CT molecular complexity index is 933. The number of hydrogen-bond acceptors (Lipinski definition) is 10. The normalized spacial score (nSPS) is 10.9. The molecule has 0 unspecified atom stereocenters. The van der Waals surface area contributed by atoms with Gasteiger partial charge in [-0.15, -0.1) is 0 Å². The molecule has 12 nitrogen and oxygen atoms in total. The Labute approximate surface area is 184 Å². The number of carbonyl (C=O) groups excluding carboxylic acids is 2. The maximum atomic E-state index is 12.5. The zero-order chi connectivity index (χ0) is 24.3. The molecule has 0 bridgehead atoms. The van der Waals surface area contributed by atoms with Crippen LogP contribution in [0, 0.1) is 10.1 Å². The summed E-state index contributed by atoms with van der Waals surface area (Å²) in [6.45, 7) is 5.49. The van der Waals surface area contributed by atoms with Crippen LogP contribution in [0.5, 0.6) is 5.75 Å². The van der Waals surface area contributed by atoms with Crippen LogP contribution in [-0.4, -0.2) is 51.3 Å². The summed E-state index contributed by atoms with van der Waals surface area (Å²) in [4.78, 5) is 38.5. The van der Waals surface area contributed by atoms with Crippen molar-refractivity contribution < 1.29 is 29.5 Å². The first-order chi connectivity index (χ1) is 15.1. The van der Waals surface area contributed by atoms with Crippen LogP contribution < -0.4 is 16.4 Å². The van der Waals surface area contributed by atoms with E-state index in [1.807, 2.05) is 6.92 Å². The van der Waals surface area contributed by atoms with Crippen LogP contribution in [0.4, 0.5) is 27.8 Å². The number of pyridine rings is 1. The number of nitro groups is 1. The molecule has 0 spiro atoms. The summed E-state index contributed by atoms with van der Waals surface area (Å²) in [5.41, 5.74) is 5.33. The van der Waals surface area contributed by atoms with E-state index in [9.17, 15) is 24.8 Å². The Hall–Kier alpha value is -3.93. The highest BCUT2D eigenvalue weighted by Gasteiger charge is 2.25. The number of ether oxygens (including phenoxy) is 1. The molecule has 0 aliphatic rings. The van der Waals surface area contributed by atoms with Crippen molar-refractivity contribution in [2.24, 2.45) is 0 Å². The number of nitrogens with zero attached hydrogens (tertiary/aromatic N) is 2. The number of hydrogen-bond donors (Lipinski definition) is 5. The van der Waals surface area contributed by atoms with Crippen LogP contribution in [-0.2, 0) is 4.74 Å². The lowest BCUT2D eigenvalue weighted by Gasteiger charge is -2.16. The molecule has 2 aromatic rings. The number of carbonyl (C=O) groups is 2. The van der Waals surface area contributed by atoms with Crippen molar-refractivity contribution in [3.05, 3.63) is 46.0 Å². The summed E-state index contributed by atoms with van der Waals surface area (Å²) in [6.07, 6.45) is 0.0717. The zero-order valence-electron chi connectivity index (χ0n) is 18.0. The van der Waals surface area contributed by atoms with Crippen molar-refractivity contribution in [2.45, 2.75) is 33.2 Å². The molecule has 6 N–H and O–H groups in total. The predicted molar refractivity (Wildman–Crippen MR) is 119 cm³/mol. The summed E-state index contributed by atoms with van der Waals surface area (Å²) < 4.78 is 4.73. The van der Waals surface area contributed by atoms with Crippen molar-refractivity contribution in [1.82, 2.24) is 4.98 Å². The molecule has 0 radical (unpaired) electrons. The largest absolute Gasteiger partial charge is 0.508 e. The predicted octanol–water partition coefficient (Wildman–Crippen LogP) is 2.92. The number of anilines is 3. The number of benzene rings is 1. The third-order valence-corrected chi connectivity index (χ3v) is 3.85. The number of nitrogens with one attached hydrogen (secondary N) is 2. The van der Waals surface area contributed by atoms with Gasteiger partial charge in [0.2, 0.25) is 5.82 Å². The van der Waals surface area contributed by atoms with Gasteiger partial charge in [0.05, 0.1) is 17.6 Å². The summed E-state index contributed by atoms with van der Waals surface area (Å²) >= 11 is 0. The minimum atomic E-state index is -0.875. The monoisotopic (exact) mass is 449 g/mol. The van der Waals surface area contributed by atoms with E-state index in [-0.39, 0.29) is 29.6 Å². The number of nitrogen functional groups attached to an aromatic ring is 1. The number of aromatic hydroxyl groups is 1. The van der Waals surface area contributed by atoms with Gasteiger partial charge in [0.25, 0.3) is 0 Å². The molecule has 1 amide bonds. The molecule has 1 heterocycles. The van der Waals surface area contributed by atoms with Crippen molar-refractivity contribution in [3.63, 3.8) is 0 Å². The highest BCUT2D eigenvalue weighted by Crippen LogP contribution is 2.32. The van der Waals surface area contributed by atoms with Crippen LogP contribution in [0.15, 0.2) is 30.3 Å². The number of ketones is 1. The molecule has 12 heteroatoms. The minimum absolute atomic E-state index is 0.00406. The van der Waals surface area contributed by atoms with Gasteiger partial charge in [0.1, 0.15) is 17.3 Å². The Kier molecular flexibility index (Phi) is 10.4. The summed E-state index contributed by atoms with van der Waals surface area (Å²) in [6, 6.07) is 5.88. The molecule has 0 fully saturated rings. The van der Waals surface area contributed by atoms with Gasteiger partial charge < -0.3 is 26.0 Å². The number of amides is 1. The van der Waals surface area contributed by atoms with E-state index in [4.69, 9.17) is 15.6 Å². The third kappa shape index (κ3) is 7.72. The van der Waals surface area contributed by atoms with E-state index in [0.717, 1.165) is 6.42 Å². The second kappa shape index (κ2) is 12.7. The lowest BCUT2D eigenvalue weighted by Crippen LogP contribution is -2.27. The molecular formula is C20H27N5O7. The molecule has 0 saturated heterocycles. The number of aliphatic hydroxyl groups excluding tert-OH is 1. The van der Waals surface area contributed by atoms with E-state index in [2.05, 4.69) is 15.6 Å². The number of aromatic nitrogens is 1. The van der Waals surface area contributed by atoms with E-state index >= 15 is 0 Å². The van der Waals surface area contributed by atoms with Crippen LogP contribution in [0.3, 0.4) is 0 Å². The minimum Gasteiger partial charge on any atom is -0.508 e. The van der Waals surface area contributed by atoms with Gasteiger partial charge in [-0.2, -0.15) is 0 Å². The van der Waals surface area contributed by atoms with E-state index in [1.165, 1.54) is 37.3 Å². The maximum Gasteiger partial charge on any atom is 0.412 e. The fourth-order valence-corrected chi connectivity index (χ4v) is 2.37. The Morgan fingerprint density at radius 3 is 2.38 bits per heavy atom. The molecule has 2 rings (SSSR count).